The molecular weight excluding hydrogens is 280 g/mol. The number of aromatic nitrogens is 3. The van der Waals surface area contributed by atoms with E-state index >= 15 is 0 Å². The summed E-state index contributed by atoms with van der Waals surface area (Å²) in [5.41, 5.74) is 8.45. The molecule has 2 aromatic heterocycles. The van der Waals surface area contributed by atoms with Crippen molar-refractivity contribution in [2.75, 3.05) is 6.61 Å². The second kappa shape index (κ2) is 5.32. The predicted molar refractivity (Wildman–Crippen MR) is 81.6 cm³/mol. The van der Waals surface area contributed by atoms with Crippen LogP contribution >= 0.6 is 0 Å². The Morgan fingerprint density at radius 3 is 2.73 bits per heavy atom. The molecule has 112 valence electrons. The third kappa shape index (κ3) is 2.01. The molecule has 0 radical (unpaired) electrons. The molecule has 6 nitrogen and oxygen atoms in total. The van der Waals surface area contributed by atoms with Gasteiger partial charge in [0.2, 0.25) is 0 Å². The number of fused-ring (bicyclic) bond motifs is 1. The lowest BCUT2D eigenvalue weighted by atomic mass is 9.87. The van der Waals surface area contributed by atoms with E-state index in [0.29, 0.717) is 16.8 Å². The molecule has 0 spiro atoms. The van der Waals surface area contributed by atoms with Crippen molar-refractivity contribution in [3.63, 3.8) is 0 Å². The monoisotopic (exact) mass is 296 g/mol. The first-order valence-electron chi connectivity index (χ1n) is 6.85. The summed E-state index contributed by atoms with van der Waals surface area (Å²) >= 11 is 0. The van der Waals surface area contributed by atoms with Gasteiger partial charge in [-0.1, -0.05) is 30.3 Å². The maximum absolute atomic E-state index is 11.2. The molecule has 1 unspecified atom stereocenters. The number of carbonyl (C=O) groups excluding carboxylic acids is 1. The van der Waals surface area contributed by atoms with Gasteiger partial charge in [0.25, 0.3) is 0 Å². The molecule has 0 bridgehead atoms. The Morgan fingerprint density at radius 1 is 1.36 bits per heavy atom. The third-order valence-corrected chi connectivity index (χ3v) is 3.95. The number of aldehydes is 1. The van der Waals surface area contributed by atoms with Gasteiger partial charge in [0.05, 0.1) is 17.8 Å². The van der Waals surface area contributed by atoms with Crippen LogP contribution in [0.15, 0.2) is 42.9 Å². The first-order valence-corrected chi connectivity index (χ1v) is 6.85. The highest BCUT2D eigenvalue weighted by atomic mass is 16.3. The first kappa shape index (κ1) is 14.4. The molecule has 2 heterocycles. The van der Waals surface area contributed by atoms with E-state index in [1.807, 2.05) is 37.3 Å². The first-order chi connectivity index (χ1) is 10.6. The Hall–Kier alpha value is -2.57. The summed E-state index contributed by atoms with van der Waals surface area (Å²) in [5.74, 6) is 0. The Bertz CT molecular complexity index is 829. The fourth-order valence-electron chi connectivity index (χ4n) is 2.66. The van der Waals surface area contributed by atoms with Crippen LogP contribution in [0.1, 0.15) is 27.2 Å². The maximum atomic E-state index is 11.2. The number of aliphatic hydroxyl groups excluding tert-OH is 1. The van der Waals surface area contributed by atoms with Crippen LogP contribution in [0.4, 0.5) is 0 Å². The predicted octanol–water partition coefficient (Wildman–Crippen LogP) is 1.04. The van der Waals surface area contributed by atoms with Crippen molar-refractivity contribution in [3.8, 4) is 0 Å². The quantitative estimate of drug-likeness (QED) is 0.702. The van der Waals surface area contributed by atoms with E-state index in [4.69, 9.17) is 5.73 Å². The highest BCUT2D eigenvalue weighted by molar-refractivity contribution is 5.83. The smallest absolute Gasteiger partial charge is 0.151 e. The van der Waals surface area contributed by atoms with Crippen LogP contribution in [0, 0.1) is 6.92 Å². The minimum Gasteiger partial charge on any atom is -0.394 e. The number of rotatable bonds is 4. The topological polar surface area (TPSA) is 93.5 Å². The second-order valence-electron chi connectivity index (χ2n) is 5.22. The van der Waals surface area contributed by atoms with E-state index in [-0.39, 0.29) is 6.61 Å². The lowest BCUT2D eigenvalue weighted by molar-refractivity contribution is 0.112. The Morgan fingerprint density at radius 2 is 2.09 bits per heavy atom. The van der Waals surface area contributed by atoms with Crippen molar-refractivity contribution in [1.82, 2.24) is 14.6 Å². The van der Waals surface area contributed by atoms with Gasteiger partial charge in [-0.2, -0.15) is 5.10 Å². The van der Waals surface area contributed by atoms with Gasteiger partial charge in [0.1, 0.15) is 11.9 Å². The van der Waals surface area contributed by atoms with Gasteiger partial charge in [0.15, 0.2) is 6.29 Å². The van der Waals surface area contributed by atoms with E-state index in [2.05, 4.69) is 10.1 Å². The van der Waals surface area contributed by atoms with Crippen LogP contribution < -0.4 is 5.73 Å². The Balaban J connectivity index is 2.33. The second-order valence-corrected chi connectivity index (χ2v) is 5.22. The van der Waals surface area contributed by atoms with Crippen molar-refractivity contribution < 1.29 is 9.90 Å². The fourth-order valence-corrected chi connectivity index (χ4v) is 2.66. The van der Waals surface area contributed by atoms with Crippen molar-refractivity contribution in [2.45, 2.75) is 12.5 Å². The number of nitrogens with two attached hydrogens (primary N) is 1. The van der Waals surface area contributed by atoms with E-state index in [1.165, 1.54) is 6.33 Å². The molecule has 0 aliphatic carbocycles. The molecule has 6 heteroatoms. The summed E-state index contributed by atoms with van der Waals surface area (Å²) in [6, 6.07) is 9.27. The Labute approximate surface area is 127 Å². The summed E-state index contributed by atoms with van der Waals surface area (Å²) in [7, 11) is 0. The highest BCUT2D eigenvalue weighted by Crippen LogP contribution is 2.30. The van der Waals surface area contributed by atoms with E-state index < -0.39 is 5.54 Å². The largest absolute Gasteiger partial charge is 0.394 e. The summed E-state index contributed by atoms with van der Waals surface area (Å²) in [4.78, 5) is 15.5. The van der Waals surface area contributed by atoms with Crippen molar-refractivity contribution in [1.29, 1.82) is 0 Å². The van der Waals surface area contributed by atoms with Crippen molar-refractivity contribution >= 4 is 11.8 Å². The molecular formula is C16H16N4O2. The molecule has 1 atom stereocenters. The number of benzene rings is 1. The molecule has 3 rings (SSSR count). The van der Waals surface area contributed by atoms with Gasteiger partial charge in [-0.25, -0.2) is 9.50 Å². The molecule has 0 aliphatic heterocycles. The Kier molecular flexibility index (Phi) is 3.48. The van der Waals surface area contributed by atoms with Gasteiger partial charge < -0.3 is 10.8 Å². The summed E-state index contributed by atoms with van der Waals surface area (Å²) in [6.07, 6.45) is 3.77. The van der Waals surface area contributed by atoms with Crippen molar-refractivity contribution in [3.05, 3.63) is 65.2 Å². The summed E-state index contributed by atoms with van der Waals surface area (Å²) in [5, 5.41) is 14.1. The summed E-state index contributed by atoms with van der Waals surface area (Å²) in [6.45, 7) is 1.50. The average molecular weight is 296 g/mol. The summed E-state index contributed by atoms with van der Waals surface area (Å²) < 4.78 is 1.57. The van der Waals surface area contributed by atoms with Crippen LogP contribution in [0.2, 0.25) is 0 Å². The molecule has 3 aromatic rings. The van der Waals surface area contributed by atoms with E-state index in [0.717, 1.165) is 17.4 Å². The average Bonchev–Trinajstić information content (AvgIpc) is 2.91. The standard InChI is InChI=1S/C16H16N4O2/c1-11-12(8-21)7-20-14(11)15(18-10-19-20)16(17,9-22)13-5-3-2-4-6-13/h2-8,10,22H,9,17H2,1H3. The molecule has 0 saturated carbocycles. The highest BCUT2D eigenvalue weighted by Gasteiger charge is 2.33. The zero-order valence-electron chi connectivity index (χ0n) is 12.1. The van der Waals surface area contributed by atoms with Crippen molar-refractivity contribution in [2.24, 2.45) is 5.73 Å². The number of aliphatic hydroxyl groups is 1. The zero-order valence-corrected chi connectivity index (χ0v) is 12.1. The lowest BCUT2D eigenvalue weighted by Crippen LogP contribution is -2.43. The number of hydrogen-bond acceptors (Lipinski definition) is 5. The SMILES string of the molecule is Cc1c(C=O)cn2ncnc(C(N)(CO)c3ccccc3)c12. The number of carbonyl (C=O) groups is 1. The normalized spacial score (nSPS) is 14.0. The molecule has 1 aromatic carbocycles. The van der Waals surface area contributed by atoms with Crippen LogP contribution in [0.5, 0.6) is 0 Å². The maximum Gasteiger partial charge on any atom is 0.151 e. The van der Waals surface area contributed by atoms with Crippen LogP contribution in [-0.4, -0.2) is 32.6 Å². The fraction of sp³-hybridized carbons (Fsp3) is 0.188. The van der Waals surface area contributed by atoms with Gasteiger partial charge in [-0.05, 0) is 18.1 Å². The molecule has 22 heavy (non-hydrogen) atoms. The minimum absolute atomic E-state index is 0.315. The molecule has 0 amide bonds. The van der Waals surface area contributed by atoms with Crippen LogP contribution in [0.25, 0.3) is 5.52 Å². The lowest BCUT2D eigenvalue weighted by Gasteiger charge is -2.28. The number of hydrogen-bond donors (Lipinski definition) is 2. The van der Waals surface area contributed by atoms with Crippen LogP contribution in [0.3, 0.4) is 0 Å². The van der Waals surface area contributed by atoms with E-state index in [1.54, 1.807) is 10.7 Å². The van der Waals surface area contributed by atoms with Gasteiger partial charge in [0, 0.05) is 11.8 Å². The molecule has 0 aliphatic rings. The minimum atomic E-state index is -1.17. The molecule has 0 saturated heterocycles. The molecule has 3 N–H and O–H groups in total. The zero-order chi connectivity index (χ0) is 15.7. The number of aryl methyl sites for hydroxylation is 1. The van der Waals surface area contributed by atoms with Crippen LogP contribution in [-0.2, 0) is 5.54 Å². The number of nitrogens with zero attached hydrogens (tertiary/aromatic N) is 3. The third-order valence-electron chi connectivity index (χ3n) is 3.95. The van der Waals surface area contributed by atoms with Gasteiger partial charge in [-0.3, -0.25) is 4.79 Å². The van der Waals surface area contributed by atoms with E-state index in [9.17, 15) is 9.90 Å². The van der Waals surface area contributed by atoms with Gasteiger partial charge in [-0.15, -0.1) is 0 Å². The van der Waals surface area contributed by atoms with Gasteiger partial charge >= 0.3 is 0 Å². The molecule has 0 fully saturated rings.